The van der Waals surface area contributed by atoms with Gasteiger partial charge >= 0.3 is 12.0 Å². The maximum absolute atomic E-state index is 11.7. The van der Waals surface area contributed by atoms with Crippen molar-refractivity contribution >= 4 is 17.9 Å². The number of carboxylic acids is 1. The molecule has 3 N–H and O–H groups in total. The summed E-state index contributed by atoms with van der Waals surface area (Å²) in [6, 6.07) is -0.682. The molecule has 0 aromatic heterocycles. The molecule has 1 unspecified atom stereocenters. The lowest BCUT2D eigenvalue weighted by atomic mass is 9.99. The molecule has 0 aliphatic carbocycles. The van der Waals surface area contributed by atoms with E-state index in [1.807, 2.05) is 13.8 Å². The maximum Gasteiger partial charge on any atom is 0.332 e. The number of rotatable bonds is 6. The van der Waals surface area contributed by atoms with Gasteiger partial charge in [-0.05, 0) is 13.8 Å². The maximum atomic E-state index is 11.7. The summed E-state index contributed by atoms with van der Waals surface area (Å²) in [7, 11) is 0. The van der Waals surface area contributed by atoms with Gasteiger partial charge < -0.3 is 25.4 Å². The number of likely N-dealkylation sites (N-methyl/N-ethyl adjacent to an activating group) is 1. The third-order valence-electron chi connectivity index (χ3n) is 3.30. The van der Waals surface area contributed by atoms with Gasteiger partial charge in [0, 0.05) is 26.1 Å². The Bertz CT molecular complexity index is 375. The SMILES string of the molecule is CCN(CC)C(=O)CNC(=O)NC1(C(=O)O)CCOC1. The van der Waals surface area contributed by atoms with Crippen molar-refractivity contribution < 1.29 is 24.2 Å². The second kappa shape index (κ2) is 7.09. The molecule has 0 spiro atoms. The van der Waals surface area contributed by atoms with Crippen molar-refractivity contribution in [2.75, 3.05) is 32.8 Å². The minimum Gasteiger partial charge on any atom is -0.479 e. The van der Waals surface area contributed by atoms with E-state index < -0.39 is 17.5 Å². The average Bonchev–Trinajstić information content (AvgIpc) is 2.87. The highest BCUT2D eigenvalue weighted by molar-refractivity contribution is 5.89. The Morgan fingerprint density at radius 3 is 2.40 bits per heavy atom. The molecular formula is C12H21N3O5. The van der Waals surface area contributed by atoms with Crippen molar-refractivity contribution in [2.45, 2.75) is 25.8 Å². The highest BCUT2D eigenvalue weighted by Gasteiger charge is 2.44. The molecule has 1 saturated heterocycles. The highest BCUT2D eigenvalue weighted by atomic mass is 16.5. The van der Waals surface area contributed by atoms with Crippen molar-refractivity contribution in [3.63, 3.8) is 0 Å². The van der Waals surface area contributed by atoms with Crippen molar-refractivity contribution in [1.82, 2.24) is 15.5 Å². The zero-order valence-corrected chi connectivity index (χ0v) is 11.8. The van der Waals surface area contributed by atoms with Gasteiger partial charge in [-0.25, -0.2) is 9.59 Å². The summed E-state index contributed by atoms with van der Waals surface area (Å²) in [6.07, 6.45) is 0.208. The summed E-state index contributed by atoms with van der Waals surface area (Å²) in [5.74, 6) is -1.35. The normalized spacial score (nSPS) is 21.3. The number of nitrogens with zero attached hydrogens (tertiary/aromatic N) is 1. The first-order valence-electron chi connectivity index (χ1n) is 6.60. The van der Waals surface area contributed by atoms with Crippen LogP contribution in [0.3, 0.4) is 0 Å². The Morgan fingerprint density at radius 2 is 1.95 bits per heavy atom. The van der Waals surface area contributed by atoms with Crippen LogP contribution in [0.4, 0.5) is 4.79 Å². The Morgan fingerprint density at radius 1 is 1.30 bits per heavy atom. The summed E-state index contributed by atoms with van der Waals surface area (Å²) in [5, 5.41) is 13.9. The zero-order valence-electron chi connectivity index (χ0n) is 11.8. The molecule has 1 aliphatic heterocycles. The van der Waals surface area contributed by atoms with Gasteiger partial charge in [-0.3, -0.25) is 4.79 Å². The molecule has 0 aromatic rings. The number of carbonyl (C=O) groups excluding carboxylic acids is 2. The number of carboxylic acid groups (broad SMARTS) is 1. The van der Waals surface area contributed by atoms with Crippen LogP contribution in [0.15, 0.2) is 0 Å². The molecule has 1 rings (SSSR count). The van der Waals surface area contributed by atoms with Crippen molar-refractivity contribution in [3.05, 3.63) is 0 Å². The minimum atomic E-state index is -1.40. The molecule has 1 fully saturated rings. The molecule has 0 radical (unpaired) electrons. The van der Waals surface area contributed by atoms with E-state index >= 15 is 0 Å². The number of hydrogen-bond acceptors (Lipinski definition) is 4. The van der Waals surface area contributed by atoms with Crippen LogP contribution in [0.1, 0.15) is 20.3 Å². The zero-order chi connectivity index (χ0) is 15.2. The number of amides is 3. The van der Waals surface area contributed by atoms with Gasteiger partial charge in [0.05, 0.1) is 13.2 Å². The molecule has 1 heterocycles. The summed E-state index contributed by atoms with van der Waals surface area (Å²) >= 11 is 0. The van der Waals surface area contributed by atoms with Crippen LogP contribution >= 0.6 is 0 Å². The third kappa shape index (κ3) is 3.83. The predicted octanol–water partition coefficient (Wildman–Crippen LogP) is -0.602. The monoisotopic (exact) mass is 287 g/mol. The average molecular weight is 287 g/mol. The van der Waals surface area contributed by atoms with Gasteiger partial charge in [-0.15, -0.1) is 0 Å². The van der Waals surface area contributed by atoms with Crippen LogP contribution in [-0.2, 0) is 14.3 Å². The molecule has 8 nitrogen and oxygen atoms in total. The fraction of sp³-hybridized carbons (Fsp3) is 0.750. The summed E-state index contributed by atoms with van der Waals surface area (Å²) < 4.78 is 5.02. The molecule has 3 amide bonds. The quantitative estimate of drug-likeness (QED) is 0.604. The molecule has 1 aliphatic rings. The number of urea groups is 1. The summed E-state index contributed by atoms with van der Waals surface area (Å²) in [5.41, 5.74) is -1.40. The standard InChI is InChI=1S/C12H21N3O5/c1-3-15(4-2)9(16)7-13-11(19)14-12(10(17)18)5-6-20-8-12/h3-8H2,1-2H3,(H,17,18)(H2,13,14,19). The second-order valence-electron chi connectivity index (χ2n) is 4.56. The van der Waals surface area contributed by atoms with E-state index in [1.165, 1.54) is 0 Å². The van der Waals surface area contributed by atoms with E-state index in [0.717, 1.165) is 0 Å². The molecule has 114 valence electrons. The van der Waals surface area contributed by atoms with Gasteiger partial charge in [0.15, 0.2) is 5.54 Å². The molecule has 0 bridgehead atoms. The molecule has 0 saturated carbocycles. The lowest BCUT2D eigenvalue weighted by molar-refractivity contribution is -0.144. The van der Waals surface area contributed by atoms with Crippen molar-refractivity contribution in [1.29, 1.82) is 0 Å². The number of hydrogen-bond donors (Lipinski definition) is 3. The Kier molecular flexibility index (Phi) is 5.75. The van der Waals surface area contributed by atoms with Gasteiger partial charge in [0.25, 0.3) is 0 Å². The van der Waals surface area contributed by atoms with Crippen LogP contribution in [0.25, 0.3) is 0 Å². The van der Waals surface area contributed by atoms with Gasteiger partial charge in [0.2, 0.25) is 5.91 Å². The first-order chi connectivity index (χ1) is 9.45. The van der Waals surface area contributed by atoms with E-state index in [1.54, 1.807) is 4.90 Å². The number of carbonyl (C=O) groups is 3. The fourth-order valence-electron chi connectivity index (χ4n) is 1.99. The van der Waals surface area contributed by atoms with E-state index in [4.69, 9.17) is 9.84 Å². The second-order valence-corrected chi connectivity index (χ2v) is 4.56. The number of aliphatic carboxylic acids is 1. The van der Waals surface area contributed by atoms with Crippen LogP contribution in [0.2, 0.25) is 0 Å². The minimum absolute atomic E-state index is 0.0697. The first-order valence-corrected chi connectivity index (χ1v) is 6.60. The smallest absolute Gasteiger partial charge is 0.332 e. The lowest BCUT2D eigenvalue weighted by Crippen LogP contribution is -2.58. The van der Waals surface area contributed by atoms with Gasteiger partial charge in [-0.1, -0.05) is 0 Å². The van der Waals surface area contributed by atoms with Gasteiger partial charge in [0.1, 0.15) is 0 Å². The Hall–Kier alpha value is -1.83. The largest absolute Gasteiger partial charge is 0.479 e. The highest BCUT2D eigenvalue weighted by Crippen LogP contribution is 2.18. The van der Waals surface area contributed by atoms with E-state index in [-0.39, 0.29) is 32.1 Å². The van der Waals surface area contributed by atoms with Gasteiger partial charge in [-0.2, -0.15) is 0 Å². The van der Waals surface area contributed by atoms with Crippen molar-refractivity contribution in [3.8, 4) is 0 Å². The third-order valence-corrected chi connectivity index (χ3v) is 3.30. The molecule has 20 heavy (non-hydrogen) atoms. The van der Waals surface area contributed by atoms with E-state index in [0.29, 0.717) is 13.1 Å². The molecule has 0 aromatic carbocycles. The topological polar surface area (TPSA) is 108 Å². The van der Waals surface area contributed by atoms with Crippen molar-refractivity contribution in [2.24, 2.45) is 0 Å². The lowest BCUT2D eigenvalue weighted by Gasteiger charge is -2.24. The van der Waals surface area contributed by atoms with E-state index in [2.05, 4.69) is 10.6 Å². The Balaban J connectivity index is 2.47. The Labute approximate surface area is 117 Å². The molecular weight excluding hydrogens is 266 g/mol. The van der Waals surface area contributed by atoms with Crippen LogP contribution in [0.5, 0.6) is 0 Å². The van der Waals surface area contributed by atoms with Crippen LogP contribution in [0, 0.1) is 0 Å². The summed E-state index contributed by atoms with van der Waals surface area (Å²) in [4.78, 5) is 36.2. The predicted molar refractivity (Wildman–Crippen MR) is 70.3 cm³/mol. The fourth-order valence-corrected chi connectivity index (χ4v) is 1.99. The molecule has 1 atom stereocenters. The van der Waals surface area contributed by atoms with Crippen LogP contribution < -0.4 is 10.6 Å². The molecule has 8 heteroatoms. The summed E-state index contributed by atoms with van der Waals surface area (Å²) in [6.45, 7) is 4.86. The number of ether oxygens (including phenoxy) is 1. The number of nitrogens with one attached hydrogen (secondary N) is 2. The van der Waals surface area contributed by atoms with E-state index in [9.17, 15) is 14.4 Å². The van der Waals surface area contributed by atoms with Crippen LogP contribution in [-0.4, -0.2) is 66.3 Å². The first kappa shape index (κ1) is 16.2.